The first-order chi connectivity index (χ1) is 12.1. The summed E-state index contributed by atoms with van der Waals surface area (Å²) >= 11 is 0. The molecule has 4 rings (SSSR count). The van der Waals surface area contributed by atoms with Gasteiger partial charge in [-0.15, -0.1) is 0 Å². The summed E-state index contributed by atoms with van der Waals surface area (Å²) in [6.45, 7) is 0. The van der Waals surface area contributed by atoms with E-state index in [1.807, 2.05) is 12.1 Å². The van der Waals surface area contributed by atoms with Crippen LogP contribution in [0.25, 0.3) is 11.4 Å². The Morgan fingerprint density at radius 2 is 2.16 bits per heavy atom. The number of nitrogens with one attached hydrogen (secondary N) is 1. The summed E-state index contributed by atoms with van der Waals surface area (Å²) in [7, 11) is 0. The van der Waals surface area contributed by atoms with E-state index in [4.69, 9.17) is 4.74 Å². The van der Waals surface area contributed by atoms with Crippen LogP contribution in [-0.4, -0.2) is 22.3 Å². The predicted octanol–water partition coefficient (Wildman–Crippen LogP) is 3.94. The Hall–Kier alpha value is -2.51. The Labute approximate surface area is 142 Å². The van der Waals surface area contributed by atoms with Gasteiger partial charge in [0.15, 0.2) is 0 Å². The van der Waals surface area contributed by atoms with E-state index in [-0.39, 0.29) is 24.1 Å². The van der Waals surface area contributed by atoms with Gasteiger partial charge in [0.2, 0.25) is 5.82 Å². The molecule has 0 saturated heterocycles. The van der Waals surface area contributed by atoms with Crippen LogP contribution >= 0.6 is 0 Å². The summed E-state index contributed by atoms with van der Waals surface area (Å²) in [5, 5.41) is 6.50. The van der Waals surface area contributed by atoms with Crippen LogP contribution in [0.3, 0.4) is 0 Å². The summed E-state index contributed by atoms with van der Waals surface area (Å²) in [5.74, 6) is -0.548. The van der Waals surface area contributed by atoms with Gasteiger partial charge in [0.1, 0.15) is 6.10 Å². The van der Waals surface area contributed by atoms with Crippen LogP contribution in [0.2, 0.25) is 0 Å². The van der Waals surface area contributed by atoms with Crippen molar-refractivity contribution in [1.82, 2.24) is 15.5 Å². The molecule has 2 aliphatic rings. The zero-order valence-corrected chi connectivity index (χ0v) is 13.4. The minimum atomic E-state index is -2.79. The second kappa shape index (κ2) is 6.42. The molecule has 0 spiro atoms. The number of alkyl halides is 2. The largest absolute Gasteiger partial charge is 0.446 e. The Balaban J connectivity index is 1.46. The highest BCUT2D eigenvalue weighted by atomic mass is 19.3. The van der Waals surface area contributed by atoms with E-state index in [0.29, 0.717) is 5.56 Å². The third-order valence-corrected chi connectivity index (χ3v) is 4.73. The number of rotatable bonds is 4. The summed E-state index contributed by atoms with van der Waals surface area (Å²) in [4.78, 5) is 15.6. The van der Waals surface area contributed by atoms with E-state index in [1.54, 1.807) is 6.07 Å². The lowest BCUT2D eigenvalue weighted by Crippen LogP contribution is -2.34. The first-order valence-corrected chi connectivity index (χ1v) is 8.32. The molecule has 8 heteroatoms. The summed E-state index contributed by atoms with van der Waals surface area (Å²) in [5.41, 5.74) is 2.66. The number of benzene rings is 1. The molecule has 1 heterocycles. The smallest absolute Gasteiger partial charge is 0.407 e. The van der Waals surface area contributed by atoms with Crippen LogP contribution in [0, 0.1) is 0 Å². The summed E-state index contributed by atoms with van der Waals surface area (Å²) in [6.07, 6.45) is 1.40. The second-order valence-electron chi connectivity index (χ2n) is 6.36. The molecule has 1 fully saturated rings. The van der Waals surface area contributed by atoms with Gasteiger partial charge in [0.25, 0.3) is 5.89 Å². The van der Waals surface area contributed by atoms with E-state index >= 15 is 0 Å². The van der Waals surface area contributed by atoms with Crippen molar-refractivity contribution in [1.29, 1.82) is 0 Å². The maximum atomic E-state index is 12.6. The molecule has 6 nitrogen and oxygen atoms in total. The molecule has 132 valence electrons. The van der Waals surface area contributed by atoms with Crippen LogP contribution in [-0.2, 0) is 11.2 Å². The quantitative estimate of drug-likeness (QED) is 0.905. The second-order valence-corrected chi connectivity index (χ2v) is 6.36. The lowest BCUT2D eigenvalue weighted by molar-refractivity contribution is 0.0504. The maximum Gasteiger partial charge on any atom is 0.407 e. The van der Waals surface area contributed by atoms with Crippen LogP contribution in [0.1, 0.15) is 55.2 Å². The number of hydrogen-bond acceptors (Lipinski definition) is 5. The molecule has 1 saturated carbocycles. The van der Waals surface area contributed by atoms with E-state index < -0.39 is 12.3 Å². The normalized spacial score (nSPS) is 19.6. The number of fused-ring (bicyclic) bond motifs is 1. The SMILES string of the molecule is O=C(N[C@@H]1CCc2cc(-c3noc(C(F)F)n3)ccc21)OC1CCC1. The Morgan fingerprint density at radius 1 is 1.32 bits per heavy atom. The average Bonchev–Trinajstić information content (AvgIpc) is 3.18. The number of nitrogens with zero attached hydrogens (tertiary/aromatic N) is 2. The number of aryl methyl sites for hydroxylation is 1. The first kappa shape index (κ1) is 16.0. The summed E-state index contributed by atoms with van der Waals surface area (Å²) in [6, 6.07) is 5.37. The fourth-order valence-corrected chi connectivity index (χ4v) is 3.16. The van der Waals surface area contributed by atoms with Crippen molar-refractivity contribution in [2.45, 2.75) is 50.7 Å². The van der Waals surface area contributed by atoms with Crippen molar-refractivity contribution in [3.05, 3.63) is 35.2 Å². The zero-order chi connectivity index (χ0) is 17.4. The molecule has 2 aromatic rings. The van der Waals surface area contributed by atoms with E-state index in [2.05, 4.69) is 20.0 Å². The Bertz CT molecular complexity index is 789. The molecule has 1 amide bonds. The van der Waals surface area contributed by atoms with Crippen LogP contribution in [0.4, 0.5) is 13.6 Å². The molecule has 1 N–H and O–H groups in total. The van der Waals surface area contributed by atoms with Crippen molar-refractivity contribution >= 4 is 6.09 Å². The number of carbonyl (C=O) groups is 1. The van der Waals surface area contributed by atoms with Crippen molar-refractivity contribution in [2.75, 3.05) is 0 Å². The highest BCUT2D eigenvalue weighted by Gasteiger charge is 2.28. The number of carbonyl (C=O) groups excluding carboxylic acids is 1. The molecule has 1 aromatic carbocycles. The fraction of sp³-hybridized carbons (Fsp3) is 0.471. The first-order valence-electron chi connectivity index (χ1n) is 8.32. The minimum Gasteiger partial charge on any atom is -0.446 e. The number of amides is 1. The van der Waals surface area contributed by atoms with Crippen molar-refractivity contribution < 1.29 is 22.8 Å². The summed E-state index contributed by atoms with van der Waals surface area (Å²) < 4.78 is 35.0. The van der Waals surface area contributed by atoms with Crippen LogP contribution in [0.5, 0.6) is 0 Å². The van der Waals surface area contributed by atoms with Crippen molar-refractivity contribution in [2.24, 2.45) is 0 Å². The number of aromatic nitrogens is 2. The molecular formula is C17H17F2N3O3. The highest BCUT2D eigenvalue weighted by Crippen LogP contribution is 2.34. The van der Waals surface area contributed by atoms with E-state index in [9.17, 15) is 13.6 Å². The van der Waals surface area contributed by atoms with Gasteiger partial charge in [-0.25, -0.2) is 4.79 Å². The molecule has 0 radical (unpaired) electrons. The molecule has 0 unspecified atom stereocenters. The molecule has 1 aromatic heterocycles. The third-order valence-electron chi connectivity index (χ3n) is 4.73. The van der Waals surface area contributed by atoms with Gasteiger partial charge >= 0.3 is 12.5 Å². The minimum absolute atomic E-state index is 0.0468. The molecule has 25 heavy (non-hydrogen) atoms. The van der Waals surface area contributed by atoms with Gasteiger partial charge in [0.05, 0.1) is 6.04 Å². The van der Waals surface area contributed by atoms with E-state index in [0.717, 1.165) is 43.2 Å². The highest BCUT2D eigenvalue weighted by molar-refractivity contribution is 5.69. The Morgan fingerprint density at radius 3 is 2.84 bits per heavy atom. The molecule has 0 bridgehead atoms. The molecule has 0 aliphatic heterocycles. The van der Waals surface area contributed by atoms with Gasteiger partial charge in [-0.1, -0.05) is 17.3 Å². The zero-order valence-electron chi connectivity index (χ0n) is 13.4. The topological polar surface area (TPSA) is 77.3 Å². The Kier molecular flexibility index (Phi) is 4.10. The number of ether oxygens (including phenoxy) is 1. The monoisotopic (exact) mass is 349 g/mol. The lowest BCUT2D eigenvalue weighted by atomic mass is 9.96. The molecular weight excluding hydrogens is 332 g/mol. The van der Waals surface area contributed by atoms with Gasteiger partial charge in [-0.05, 0) is 49.3 Å². The van der Waals surface area contributed by atoms with Gasteiger partial charge in [-0.3, -0.25) is 0 Å². The number of alkyl carbamates (subject to hydrolysis) is 1. The fourth-order valence-electron chi connectivity index (χ4n) is 3.16. The van der Waals surface area contributed by atoms with Crippen molar-refractivity contribution in [3.63, 3.8) is 0 Å². The van der Waals surface area contributed by atoms with Gasteiger partial charge in [0, 0.05) is 5.56 Å². The van der Waals surface area contributed by atoms with Crippen LogP contribution in [0.15, 0.2) is 22.7 Å². The van der Waals surface area contributed by atoms with E-state index in [1.165, 1.54) is 0 Å². The molecule has 2 aliphatic carbocycles. The number of hydrogen-bond donors (Lipinski definition) is 1. The third kappa shape index (κ3) is 3.20. The molecule has 1 atom stereocenters. The average molecular weight is 349 g/mol. The predicted molar refractivity (Wildman–Crippen MR) is 83.0 cm³/mol. The van der Waals surface area contributed by atoms with Crippen LogP contribution < -0.4 is 5.32 Å². The van der Waals surface area contributed by atoms with Gasteiger partial charge in [-0.2, -0.15) is 13.8 Å². The van der Waals surface area contributed by atoms with Gasteiger partial charge < -0.3 is 14.6 Å². The number of halogens is 2. The maximum absolute atomic E-state index is 12.6. The standard InChI is InChI=1S/C17H17F2N3O3/c18-14(19)16-21-15(22-25-16)10-4-6-12-9(8-10)5-7-13(12)20-17(23)24-11-2-1-3-11/h4,6,8,11,13-14H,1-3,5,7H2,(H,20,23)/t13-/m1/s1. The lowest BCUT2D eigenvalue weighted by Gasteiger charge is -2.26. The van der Waals surface area contributed by atoms with Crippen molar-refractivity contribution in [3.8, 4) is 11.4 Å².